The zero-order chi connectivity index (χ0) is 18.3. The first-order valence-corrected chi connectivity index (χ1v) is 10.0. The maximum absolute atomic E-state index is 12.4. The van der Waals surface area contributed by atoms with E-state index in [0.29, 0.717) is 16.8 Å². The molecular weight excluding hydrogens is 482 g/mol. The van der Waals surface area contributed by atoms with Crippen molar-refractivity contribution in [1.82, 2.24) is 4.98 Å². The lowest BCUT2D eigenvalue weighted by Crippen LogP contribution is -2.03. The van der Waals surface area contributed by atoms with E-state index in [1.807, 2.05) is 47.8 Å². The van der Waals surface area contributed by atoms with E-state index in [4.69, 9.17) is 9.15 Å². The van der Waals surface area contributed by atoms with Crippen LogP contribution in [0.2, 0.25) is 0 Å². The number of hydrogen-bond acceptors (Lipinski definition) is 5. The predicted octanol–water partition coefficient (Wildman–Crippen LogP) is 6.12. The molecule has 130 valence electrons. The van der Waals surface area contributed by atoms with Crippen LogP contribution in [0.25, 0.3) is 32.8 Å². The third kappa shape index (κ3) is 3.22. The fourth-order valence-corrected chi connectivity index (χ4v) is 4.76. The molecule has 0 radical (unpaired) electrons. The maximum Gasteiger partial charge on any atom is 0.345 e. The third-order valence-electron chi connectivity index (χ3n) is 3.87. The number of aromatic nitrogens is 1. The summed E-state index contributed by atoms with van der Waals surface area (Å²) in [6.45, 7) is 0. The minimum absolute atomic E-state index is 0.410. The van der Waals surface area contributed by atoms with Crippen molar-refractivity contribution in [2.45, 2.75) is 0 Å². The van der Waals surface area contributed by atoms with Crippen molar-refractivity contribution in [3.8, 4) is 27.6 Å². The molecule has 0 saturated carbocycles. The summed E-state index contributed by atoms with van der Waals surface area (Å²) in [6.07, 6.45) is 0. The molecule has 0 atom stereocenters. The molecule has 0 aliphatic carbocycles. The lowest BCUT2D eigenvalue weighted by molar-refractivity contribution is 0.415. The van der Waals surface area contributed by atoms with Gasteiger partial charge in [0, 0.05) is 20.8 Å². The molecule has 2 aromatic carbocycles. The van der Waals surface area contributed by atoms with Gasteiger partial charge in [0.1, 0.15) is 10.8 Å². The van der Waals surface area contributed by atoms with Crippen molar-refractivity contribution in [2.24, 2.45) is 0 Å². The highest BCUT2D eigenvalue weighted by Gasteiger charge is 2.14. The highest BCUT2D eigenvalue weighted by Crippen LogP contribution is 2.32. The molecule has 0 spiro atoms. The van der Waals surface area contributed by atoms with Crippen LogP contribution in [0, 0.1) is 0 Å². The Morgan fingerprint density at radius 1 is 1.12 bits per heavy atom. The number of fused-ring (bicyclic) bond motifs is 1. The number of benzene rings is 2. The van der Waals surface area contributed by atoms with Gasteiger partial charge in [0.05, 0.1) is 22.8 Å². The second-order valence-electron chi connectivity index (χ2n) is 5.52. The first-order valence-electron chi connectivity index (χ1n) is 7.58. The van der Waals surface area contributed by atoms with Gasteiger partial charge in [-0.2, -0.15) is 0 Å². The predicted molar refractivity (Wildman–Crippen MR) is 111 cm³/mol. The van der Waals surface area contributed by atoms with Gasteiger partial charge >= 0.3 is 5.63 Å². The highest BCUT2D eigenvalue weighted by molar-refractivity contribution is 9.11. The van der Waals surface area contributed by atoms with Gasteiger partial charge in [0.2, 0.25) is 0 Å². The number of halogens is 2. The largest absolute Gasteiger partial charge is 0.497 e. The van der Waals surface area contributed by atoms with Gasteiger partial charge in [-0.05, 0) is 58.4 Å². The molecule has 2 heterocycles. The van der Waals surface area contributed by atoms with Crippen molar-refractivity contribution in [1.29, 1.82) is 0 Å². The molecule has 0 saturated heterocycles. The second kappa shape index (κ2) is 6.98. The summed E-state index contributed by atoms with van der Waals surface area (Å²) in [5.74, 6) is 0.789. The number of ether oxygens (including phenoxy) is 1. The van der Waals surface area contributed by atoms with Gasteiger partial charge < -0.3 is 9.15 Å². The number of nitrogens with zero attached hydrogens (tertiary/aromatic N) is 1. The summed E-state index contributed by atoms with van der Waals surface area (Å²) in [7, 11) is 1.63. The summed E-state index contributed by atoms with van der Waals surface area (Å²) in [5.41, 5.74) is 2.13. The molecule has 0 fully saturated rings. The SMILES string of the molecule is COc1ccc(-c2nc(-c3cc4cc(Br)cc(Br)c4oc3=O)cs2)cc1. The van der Waals surface area contributed by atoms with Gasteiger partial charge in [0.15, 0.2) is 5.58 Å². The molecule has 4 aromatic rings. The van der Waals surface area contributed by atoms with E-state index in [2.05, 4.69) is 36.8 Å². The normalized spacial score (nSPS) is 11.0. The fraction of sp³-hybridized carbons (Fsp3) is 0.0526. The van der Waals surface area contributed by atoms with Crippen LogP contribution in [0.3, 0.4) is 0 Å². The number of methoxy groups -OCH3 is 1. The average Bonchev–Trinajstić information content (AvgIpc) is 3.12. The van der Waals surface area contributed by atoms with E-state index < -0.39 is 5.63 Å². The van der Waals surface area contributed by atoms with Gasteiger partial charge in [-0.3, -0.25) is 0 Å². The van der Waals surface area contributed by atoms with E-state index in [1.54, 1.807) is 7.11 Å². The van der Waals surface area contributed by atoms with Crippen molar-refractivity contribution in [3.05, 3.63) is 67.2 Å². The molecule has 0 unspecified atom stereocenters. The molecule has 26 heavy (non-hydrogen) atoms. The Morgan fingerprint density at radius 3 is 2.62 bits per heavy atom. The summed E-state index contributed by atoms with van der Waals surface area (Å²) < 4.78 is 12.3. The quantitative estimate of drug-likeness (QED) is 0.323. The fourth-order valence-electron chi connectivity index (χ4n) is 2.60. The summed E-state index contributed by atoms with van der Waals surface area (Å²) >= 11 is 8.36. The van der Waals surface area contributed by atoms with Crippen LogP contribution in [0.1, 0.15) is 0 Å². The Kier molecular flexibility index (Phi) is 4.69. The molecule has 4 rings (SSSR count). The first-order chi connectivity index (χ1) is 12.5. The smallest absolute Gasteiger partial charge is 0.345 e. The van der Waals surface area contributed by atoms with E-state index in [1.165, 1.54) is 11.3 Å². The Hall–Kier alpha value is -1.96. The van der Waals surface area contributed by atoms with Gasteiger partial charge in [-0.15, -0.1) is 11.3 Å². The zero-order valence-corrected chi connectivity index (χ0v) is 17.4. The van der Waals surface area contributed by atoms with Crippen LogP contribution >= 0.6 is 43.2 Å². The average molecular weight is 493 g/mol. The van der Waals surface area contributed by atoms with Gasteiger partial charge in [0.25, 0.3) is 0 Å². The van der Waals surface area contributed by atoms with Gasteiger partial charge in [-0.25, -0.2) is 9.78 Å². The van der Waals surface area contributed by atoms with Crippen LogP contribution in [-0.2, 0) is 0 Å². The zero-order valence-electron chi connectivity index (χ0n) is 13.5. The van der Waals surface area contributed by atoms with Crippen LogP contribution in [0.4, 0.5) is 0 Å². The topological polar surface area (TPSA) is 52.3 Å². The number of rotatable bonds is 3. The van der Waals surface area contributed by atoms with Crippen molar-refractivity contribution in [3.63, 3.8) is 0 Å². The Bertz CT molecular complexity index is 1170. The number of hydrogen-bond donors (Lipinski definition) is 0. The molecule has 4 nitrogen and oxygen atoms in total. The molecule has 0 aliphatic heterocycles. The summed E-state index contributed by atoms with van der Waals surface area (Å²) in [4.78, 5) is 17.1. The minimum atomic E-state index is -0.410. The van der Waals surface area contributed by atoms with Crippen molar-refractivity contribution < 1.29 is 9.15 Å². The molecule has 0 amide bonds. The molecule has 0 N–H and O–H groups in total. The van der Waals surface area contributed by atoms with E-state index in [-0.39, 0.29) is 0 Å². The van der Waals surface area contributed by atoms with Crippen LogP contribution in [0.15, 0.2) is 66.0 Å². The summed E-state index contributed by atoms with van der Waals surface area (Å²) in [6, 6.07) is 13.2. The monoisotopic (exact) mass is 491 g/mol. The molecule has 2 aromatic heterocycles. The Labute approximate surface area is 169 Å². The van der Waals surface area contributed by atoms with Crippen molar-refractivity contribution in [2.75, 3.05) is 7.11 Å². The standard InChI is InChI=1S/C19H11Br2NO3S/c1-24-13-4-2-10(3-5-13)18-22-16(9-26-18)14-7-11-6-12(20)8-15(21)17(11)25-19(14)23/h2-9H,1H3. The Balaban J connectivity index is 1.79. The second-order valence-corrected chi connectivity index (χ2v) is 8.15. The summed E-state index contributed by atoms with van der Waals surface area (Å²) in [5, 5.41) is 3.52. The van der Waals surface area contributed by atoms with Crippen molar-refractivity contribution >= 4 is 54.2 Å². The van der Waals surface area contributed by atoms with Crippen LogP contribution in [-0.4, -0.2) is 12.1 Å². The maximum atomic E-state index is 12.4. The highest BCUT2D eigenvalue weighted by atomic mass is 79.9. The van der Waals surface area contributed by atoms with Gasteiger partial charge in [-0.1, -0.05) is 15.9 Å². The van der Waals surface area contributed by atoms with Crippen LogP contribution in [0.5, 0.6) is 5.75 Å². The molecule has 0 bridgehead atoms. The number of thiazole rings is 1. The first kappa shape index (κ1) is 17.5. The molecule has 0 aliphatic rings. The van der Waals surface area contributed by atoms with Crippen LogP contribution < -0.4 is 10.4 Å². The van der Waals surface area contributed by atoms with E-state index in [9.17, 15) is 4.79 Å². The van der Waals surface area contributed by atoms with E-state index >= 15 is 0 Å². The molecular formula is C19H11Br2NO3S. The minimum Gasteiger partial charge on any atom is -0.497 e. The Morgan fingerprint density at radius 2 is 1.88 bits per heavy atom. The third-order valence-corrected chi connectivity index (χ3v) is 5.81. The van der Waals surface area contributed by atoms with E-state index in [0.717, 1.165) is 30.7 Å². The molecule has 7 heteroatoms. The lowest BCUT2D eigenvalue weighted by Gasteiger charge is -2.03. The lowest BCUT2D eigenvalue weighted by atomic mass is 10.1.